The predicted octanol–water partition coefficient (Wildman–Crippen LogP) is 5.24. The first kappa shape index (κ1) is 18.1. The molecule has 3 nitrogen and oxygen atoms in total. The molecule has 0 fully saturated rings. The molecule has 2 aromatic heterocycles. The van der Waals surface area contributed by atoms with E-state index in [4.69, 9.17) is 4.98 Å². The van der Waals surface area contributed by atoms with Crippen LogP contribution >= 0.6 is 0 Å². The highest BCUT2D eigenvalue weighted by atomic mass is 15.1. The van der Waals surface area contributed by atoms with E-state index < -0.39 is 0 Å². The maximum atomic E-state index is 4.92. The van der Waals surface area contributed by atoms with Gasteiger partial charge < -0.3 is 0 Å². The molecule has 0 aliphatic carbocycles. The molecule has 5 rings (SSSR count). The van der Waals surface area contributed by atoms with Crippen molar-refractivity contribution >= 4 is 11.0 Å². The molecule has 0 saturated carbocycles. The number of aromatic nitrogens is 3. The average Bonchev–Trinajstić information content (AvgIpc) is 3.20. The maximum Gasteiger partial charge on any atom is 0.213 e. The molecule has 4 aromatic rings. The van der Waals surface area contributed by atoms with Crippen LogP contribution in [0.4, 0.5) is 0 Å². The summed E-state index contributed by atoms with van der Waals surface area (Å²) in [6, 6.07) is 15.4. The van der Waals surface area contributed by atoms with Gasteiger partial charge in [-0.05, 0) is 61.1 Å². The average molecular weight is 383 g/mol. The first-order valence-corrected chi connectivity index (χ1v) is 10.5. The molecule has 0 radical (unpaired) electrons. The Bertz CT molecular complexity index is 1260. The van der Waals surface area contributed by atoms with Gasteiger partial charge in [0, 0.05) is 18.1 Å². The van der Waals surface area contributed by atoms with Crippen LogP contribution in [0.5, 0.6) is 0 Å². The van der Waals surface area contributed by atoms with Crippen molar-refractivity contribution < 1.29 is 4.57 Å². The molecule has 0 unspecified atom stereocenters. The van der Waals surface area contributed by atoms with Gasteiger partial charge in [-0.3, -0.25) is 4.57 Å². The third kappa shape index (κ3) is 2.79. The molecule has 3 heteroatoms. The molecule has 0 saturated heterocycles. The Labute approximate surface area is 172 Å². The van der Waals surface area contributed by atoms with Crippen LogP contribution in [0.3, 0.4) is 0 Å². The Morgan fingerprint density at radius 3 is 2.66 bits per heavy atom. The first-order valence-electron chi connectivity index (χ1n) is 10.5. The number of pyridine rings is 1. The minimum Gasteiger partial charge on any atom is -0.296 e. The number of nitrogens with zero attached hydrogens (tertiary/aromatic N) is 3. The van der Waals surface area contributed by atoms with Gasteiger partial charge in [-0.2, -0.15) is 0 Å². The fourth-order valence-electron chi connectivity index (χ4n) is 4.85. The van der Waals surface area contributed by atoms with Gasteiger partial charge in [0.05, 0.1) is 22.3 Å². The highest BCUT2D eigenvalue weighted by molar-refractivity contribution is 5.83. The van der Waals surface area contributed by atoms with Gasteiger partial charge in [-0.1, -0.05) is 32.0 Å². The van der Waals surface area contributed by atoms with Crippen LogP contribution in [0.25, 0.3) is 28.0 Å². The van der Waals surface area contributed by atoms with Gasteiger partial charge in [0.25, 0.3) is 0 Å². The summed E-state index contributed by atoms with van der Waals surface area (Å²) in [5.41, 5.74) is 11.8. The number of para-hydroxylation sites is 2. The van der Waals surface area contributed by atoms with Crippen LogP contribution < -0.4 is 4.57 Å². The number of imidazole rings is 1. The third-order valence-electron chi connectivity index (χ3n) is 6.17. The first-order chi connectivity index (χ1) is 13.9. The summed E-state index contributed by atoms with van der Waals surface area (Å²) in [5.74, 6) is 1.79. The molecule has 3 heterocycles. The Balaban J connectivity index is 1.74. The van der Waals surface area contributed by atoms with Gasteiger partial charge >= 0.3 is 0 Å². The summed E-state index contributed by atoms with van der Waals surface area (Å²) in [5, 5.41) is 0. The van der Waals surface area contributed by atoms with Crippen molar-refractivity contribution in [3.8, 4) is 16.9 Å². The van der Waals surface area contributed by atoms with E-state index in [1.807, 2.05) is 0 Å². The second kappa shape index (κ2) is 6.55. The summed E-state index contributed by atoms with van der Waals surface area (Å²) >= 11 is 0. The zero-order valence-electron chi connectivity index (χ0n) is 18.0. The summed E-state index contributed by atoms with van der Waals surface area (Å²) in [6.45, 7) is 9.05. The normalized spacial score (nSPS) is 12.6. The van der Waals surface area contributed by atoms with Crippen LogP contribution in [0.2, 0.25) is 0 Å². The molecule has 0 atom stereocenters. The predicted molar refractivity (Wildman–Crippen MR) is 119 cm³/mol. The number of benzene rings is 2. The molecule has 2 aromatic carbocycles. The molecule has 1 aliphatic heterocycles. The minimum atomic E-state index is 0.646. The lowest BCUT2D eigenvalue weighted by Gasteiger charge is -2.14. The molecular formula is C26H28N3+. The molecule has 0 N–H and O–H groups in total. The van der Waals surface area contributed by atoms with Crippen molar-refractivity contribution in [2.75, 3.05) is 0 Å². The Kier molecular flexibility index (Phi) is 4.09. The van der Waals surface area contributed by atoms with Crippen LogP contribution in [-0.2, 0) is 19.9 Å². The standard InChI is InChI=1S/C26H28N3/c1-16(2)12-19-13-24(28(5)15-18(19)4)26-17(3)10-11-22-20(26)14-25-27-21-8-6-7-9-23(21)29(22)25/h6-11,13,15-16H,12,14H2,1-5H3/q+1. The van der Waals surface area contributed by atoms with Gasteiger partial charge in [0.15, 0.2) is 6.20 Å². The van der Waals surface area contributed by atoms with Crippen LogP contribution in [0.1, 0.15) is 41.9 Å². The Morgan fingerprint density at radius 2 is 1.86 bits per heavy atom. The van der Waals surface area contributed by atoms with E-state index in [2.05, 4.69) is 92.5 Å². The number of hydrogen-bond acceptors (Lipinski definition) is 1. The zero-order chi connectivity index (χ0) is 20.3. The molecule has 1 aliphatic rings. The smallest absolute Gasteiger partial charge is 0.213 e. The quantitative estimate of drug-likeness (QED) is 0.391. The fraction of sp³-hybridized carbons (Fsp3) is 0.308. The van der Waals surface area contributed by atoms with Gasteiger partial charge in [-0.15, -0.1) is 0 Å². The largest absolute Gasteiger partial charge is 0.296 e. The molecule has 0 spiro atoms. The molecule has 0 amide bonds. The number of hydrogen-bond donors (Lipinski definition) is 0. The van der Waals surface area contributed by atoms with Crippen molar-refractivity contribution in [2.45, 2.75) is 40.5 Å². The number of rotatable bonds is 3. The minimum absolute atomic E-state index is 0.646. The van der Waals surface area contributed by atoms with Gasteiger partial charge in [0.1, 0.15) is 12.9 Å². The maximum absolute atomic E-state index is 4.92. The monoisotopic (exact) mass is 382 g/mol. The lowest BCUT2D eigenvalue weighted by Crippen LogP contribution is -2.32. The molecule has 146 valence electrons. The Morgan fingerprint density at radius 1 is 1.07 bits per heavy atom. The molecule has 29 heavy (non-hydrogen) atoms. The lowest BCUT2D eigenvalue weighted by molar-refractivity contribution is -0.660. The van der Waals surface area contributed by atoms with E-state index in [0.717, 1.165) is 24.2 Å². The van der Waals surface area contributed by atoms with E-state index in [0.29, 0.717) is 5.92 Å². The molecule has 0 bridgehead atoms. The van der Waals surface area contributed by atoms with Crippen LogP contribution in [0.15, 0.2) is 48.7 Å². The van der Waals surface area contributed by atoms with Crippen molar-refractivity contribution in [2.24, 2.45) is 13.0 Å². The Hall–Kier alpha value is -2.94. The second-order valence-corrected chi connectivity index (χ2v) is 8.86. The number of fused-ring (bicyclic) bond motifs is 5. The number of aryl methyl sites for hydroxylation is 3. The van der Waals surface area contributed by atoms with Crippen molar-refractivity contribution in [3.63, 3.8) is 0 Å². The van der Waals surface area contributed by atoms with Crippen LogP contribution in [0, 0.1) is 19.8 Å². The van der Waals surface area contributed by atoms with Crippen molar-refractivity contribution in [3.05, 3.63) is 76.7 Å². The zero-order valence-corrected chi connectivity index (χ0v) is 18.0. The lowest BCUT2D eigenvalue weighted by atomic mass is 9.92. The van der Waals surface area contributed by atoms with Gasteiger partial charge in [-0.25, -0.2) is 9.55 Å². The summed E-state index contributed by atoms with van der Waals surface area (Å²) < 4.78 is 4.64. The van der Waals surface area contributed by atoms with Crippen LogP contribution in [-0.4, -0.2) is 9.55 Å². The van der Waals surface area contributed by atoms with E-state index in [1.165, 1.54) is 44.7 Å². The van der Waals surface area contributed by atoms with Crippen molar-refractivity contribution in [1.82, 2.24) is 9.55 Å². The SMILES string of the molecule is Cc1c[n+](C)c(-c2c(C)ccc3c2Cc2nc4ccccc4n2-3)cc1CC(C)C. The summed E-state index contributed by atoms with van der Waals surface area (Å²) in [6.07, 6.45) is 4.28. The summed E-state index contributed by atoms with van der Waals surface area (Å²) in [7, 11) is 2.17. The molecular weight excluding hydrogens is 354 g/mol. The fourth-order valence-corrected chi connectivity index (χ4v) is 4.85. The van der Waals surface area contributed by atoms with E-state index >= 15 is 0 Å². The van der Waals surface area contributed by atoms with Crippen molar-refractivity contribution in [1.29, 1.82) is 0 Å². The third-order valence-corrected chi connectivity index (χ3v) is 6.17. The highest BCUT2D eigenvalue weighted by Gasteiger charge is 2.29. The van der Waals surface area contributed by atoms with Gasteiger partial charge in [0.2, 0.25) is 5.69 Å². The van der Waals surface area contributed by atoms with E-state index in [9.17, 15) is 0 Å². The van der Waals surface area contributed by atoms with E-state index in [1.54, 1.807) is 0 Å². The highest BCUT2D eigenvalue weighted by Crippen LogP contribution is 2.39. The van der Waals surface area contributed by atoms with E-state index in [-0.39, 0.29) is 0 Å². The summed E-state index contributed by atoms with van der Waals surface area (Å²) in [4.78, 5) is 4.92. The second-order valence-electron chi connectivity index (χ2n) is 8.86. The topological polar surface area (TPSA) is 21.7 Å².